The molecule has 0 bridgehead atoms. The van der Waals surface area contributed by atoms with Gasteiger partial charge in [-0.05, 0) is 30.7 Å². The van der Waals surface area contributed by atoms with Crippen molar-refractivity contribution in [2.45, 2.75) is 10.6 Å². The summed E-state index contributed by atoms with van der Waals surface area (Å²) in [4.78, 5) is 26.5. The van der Waals surface area contributed by atoms with E-state index in [0.717, 1.165) is 17.6 Å². The number of hydrogen-bond acceptors (Lipinski definition) is 7. The highest BCUT2D eigenvalue weighted by Crippen LogP contribution is 2.37. The Bertz CT molecular complexity index is 1070. The van der Waals surface area contributed by atoms with Gasteiger partial charge in [-0.15, -0.1) is 11.3 Å². The number of nitrogens with zero attached hydrogens (tertiary/aromatic N) is 2. The van der Waals surface area contributed by atoms with Gasteiger partial charge in [0.2, 0.25) is 0 Å². The molecular formula is C18H19ClN2O6S2. The van der Waals surface area contributed by atoms with E-state index < -0.39 is 21.7 Å². The predicted molar refractivity (Wildman–Crippen MR) is 109 cm³/mol. The molecule has 0 unspecified atom stereocenters. The molecule has 1 aliphatic rings. The number of carbonyl (C=O) groups is 2. The summed E-state index contributed by atoms with van der Waals surface area (Å²) in [5.41, 5.74) is 0.116. The van der Waals surface area contributed by atoms with Gasteiger partial charge in [0.1, 0.15) is 15.5 Å². The number of methoxy groups -OCH3 is 2. The van der Waals surface area contributed by atoms with Crippen LogP contribution < -0.4 is 9.47 Å². The zero-order valence-corrected chi connectivity index (χ0v) is 18.4. The first-order valence-corrected chi connectivity index (χ1v) is 11.6. The summed E-state index contributed by atoms with van der Waals surface area (Å²) in [6.45, 7) is 0.635. The largest absolute Gasteiger partial charge is 0.496 e. The zero-order valence-electron chi connectivity index (χ0n) is 16.0. The van der Waals surface area contributed by atoms with Crippen molar-refractivity contribution in [2.24, 2.45) is 0 Å². The summed E-state index contributed by atoms with van der Waals surface area (Å²) in [5, 5.41) is 2.85. The third-order valence-electron chi connectivity index (χ3n) is 4.37. The maximum absolute atomic E-state index is 13.3. The fourth-order valence-electron chi connectivity index (χ4n) is 3.04. The number of halogens is 1. The minimum Gasteiger partial charge on any atom is -0.496 e. The molecule has 1 aromatic carbocycles. The molecule has 0 N–H and O–H groups in total. The lowest BCUT2D eigenvalue weighted by atomic mass is 10.1. The highest BCUT2D eigenvalue weighted by molar-refractivity contribution is 7.92. The molecule has 1 fully saturated rings. The van der Waals surface area contributed by atoms with E-state index in [1.54, 1.807) is 12.1 Å². The number of thiophene rings is 1. The fraction of sp³-hybridized carbons (Fsp3) is 0.333. The van der Waals surface area contributed by atoms with Gasteiger partial charge in [0.15, 0.2) is 15.6 Å². The van der Waals surface area contributed by atoms with Crippen molar-refractivity contribution in [3.05, 3.63) is 39.7 Å². The van der Waals surface area contributed by atoms with Crippen LogP contribution in [0, 0.1) is 0 Å². The van der Waals surface area contributed by atoms with Gasteiger partial charge in [0.05, 0.1) is 24.1 Å². The molecule has 0 atom stereocenters. The molecule has 1 saturated heterocycles. The molecule has 2 heterocycles. The first-order valence-electron chi connectivity index (χ1n) is 8.53. The van der Waals surface area contributed by atoms with Gasteiger partial charge in [-0.2, -0.15) is 0 Å². The van der Waals surface area contributed by atoms with Crippen molar-refractivity contribution in [1.82, 2.24) is 10.0 Å². The quantitative estimate of drug-likeness (QED) is 0.683. The molecule has 0 radical (unpaired) electrons. The highest BCUT2D eigenvalue weighted by atomic mass is 35.5. The van der Waals surface area contributed by atoms with E-state index in [2.05, 4.69) is 0 Å². The van der Waals surface area contributed by atoms with Crippen LogP contribution in [0.1, 0.15) is 26.5 Å². The summed E-state index contributed by atoms with van der Waals surface area (Å²) in [6.07, 6.45) is 1.66. The lowest BCUT2D eigenvalue weighted by Gasteiger charge is -2.28. The molecule has 0 spiro atoms. The number of sulfone groups is 1. The van der Waals surface area contributed by atoms with E-state index in [1.807, 2.05) is 0 Å². The standard InChI is InChI=1S/C18H19ClN2O6S2/c1-26-12-6-5-11(19)16(27-2)15(12)18(23)21-10-4-9-20(21)17(22)13-7-8-14(28-13)29(3,24)25/h5-8H,4,9-10H2,1-3H3. The number of ether oxygens (including phenoxy) is 2. The van der Waals surface area contributed by atoms with E-state index in [0.29, 0.717) is 19.5 Å². The van der Waals surface area contributed by atoms with Crippen LogP contribution in [0.2, 0.25) is 5.02 Å². The molecule has 2 amide bonds. The van der Waals surface area contributed by atoms with Gasteiger partial charge in [0, 0.05) is 19.3 Å². The molecule has 0 saturated carbocycles. The molecule has 1 aromatic heterocycles. The number of carbonyl (C=O) groups excluding carboxylic acids is 2. The van der Waals surface area contributed by atoms with Crippen LogP contribution in [0.4, 0.5) is 0 Å². The van der Waals surface area contributed by atoms with Gasteiger partial charge in [-0.1, -0.05) is 11.6 Å². The maximum Gasteiger partial charge on any atom is 0.282 e. The highest BCUT2D eigenvalue weighted by Gasteiger charge is 2.36. The van der Waals surface area contributed by atoms with E-state index >= 15 is 0 Å². The van der Waals surface area contributed by atoms with Crippen molar-refractivity contribution in [3.8, 4) is 11.5 Å². The predicted octanol–water partition coefficient (Wildman–Crippen LogP) is 2.73. The second-order valence-corrected chi connectivity index (χ2v) is 9.99. The maximum atomic E-state index is 13.3. The molecule has 2 aromatic rings. The van der Waals surface area contributed by atoms with Crippen molar-refractivity contribution >= 4 is 44.6 Å². The lowest BCUT2D eigenvalue weighted by molar-refractivity contribution is 0.0185. The summed E-state index contributed by atoms with van der Waals surface area (Å²) >= 11 is 7.04. The molecule has 156 valence electrons. The van der Waals surface area contributed by atoms with Crippen LogP contribution in [0.15, 0.2) is 28.5 Å². The van der Waals surface area contributed by atoms with Crippen LogP contribution >= 0.6 is 22.9 Å². The normalized spacial score (nSPS) is 14.2. The SMILES string of the molecule is COc1ccc(Cl)c(OC)c1C(=O)N1CCCN1C(=O)c1ccc(S(C)(=O)=O)s1. The molecule has 11 heteroatoms. The topological polar surface area (TPSA) is 93.2 Å². The molecule has 0 aliphatic carbocycles. The molecular weight excluding hydrogens is 440 g/mol. The Morgan fingerprint density at radius 2 is 1.69 bits per heavy atom. The zero-order chi connectivity index (χ0) is 21.3. The van der Waals surface area contributed by atoms with E-state index in [-0.39, 0.29) is 31.2 Å². The molecule has 1 aliphatic heterocycles. The van der Waals surface area contributed by atoms with Crippen molar-refractivity contribution in [2.75, 3.05) is 33.6 Å². The minimum atomic E-state index is -3.42. The fourth-order valence-corrected chi connectivity index (χ4v) is 5.14. The summed E-state index contributed by atoms with van der Waals surface area (Å²) < 4.78 is 34.1. The Morgan fingerprint density at radius 1 is 1.03 bits per heavy atom. The molecule has 29 heavy (non-hydrogen) atoms. The van der Waals surface area contributed by atoms with Crippen molar-refractivity contribution < 1.29 is 27.5 Å². The van der Waals surface area contributed by atoms with Crippen LogP contribution in [-0.4, -0.2) is 63.8 Å². The lowest BCUT2D eigenvalue weighted by Crippen LogP contribution is -2.44. The summed E-state index contributed by atoms with van der Waals surface area (Å²) in [7, 11) is -0.602. The number of hydrazine groups is 1. The van der Waals surface area contributed by atoms with E-state index in [1.165, 1.54) is 36.4 Å². The van der Waals surface area contributed by atoms with E-state index in [9.17, 15) is 18.0 Å². The van der Waals surface area contributed by atoms with Gasteiger partial charge < -0.3 is 9.47 Å². The second kappa shape index (κ2) is 8.21. The van der Waals surface area contributed by atoms with Crippen LogP contribution in [0.25, 0.3) is 0 Å². The Labute approximate surface area is 177 Å². The monoisotopic (exact) mass is 458 g/mol. The average molecular weight is 459 g/mol. The van der Waals surface area contributed by atoms with Crippen molar-refractivity contribution in [3.63, 3.8) is 0 Å². The van der Waals surface area contributed by atoms with Crippen LogP contribution in [0.3, 0.4) is 0 Å². The third kappa shape index (κ3) is 4.05. The number of benzene rings is 1. The Hall–Kier alpha value is -2.30. The summed E-state index contributed by atoms with van der Waals surface area (Å²) in [6, 6.07) is 5.95. The molecule has 8 nitrogen and oxygen atoms in total. The van der Waals surface area contributed by atoms with Gasteiger partial charge in [-0.25, -0.2) is 18.4 Å². The second-order valence-electron chi connectivity index (χ2n) is 6.26. The number of rotatable bonds is 5. The van der Waals surface area contributed by atoms with Crippen LogP contribution in [0.5, 0.6) is 11.5 Å². The van der Waals surface area contributed by atoms with E-state index in [4.69, 9.17) is 21.1 Å². The molecule has 3 rings (SSSR count). The third-order valence-corrected chi connectivity index (χ3v) is 7.56. The Kier molecular flexibility index (Phi) is 6.06. The first-order chi connectivity index (χ1) is 13.7. The minimum absolute atomic E-state index is 0.0936. The smallest absolute Gasteiger partial charge is 0.282 e. The van der Waals surface area contributed by atoms with Crippen LogP contribution in [-0.2, 0) is 9.84 Å². The number of hydrogen-bond donors (Lipinski definition) is 0. The van der Waals surface area contributed by atoms with Gasteiger partial charge >= 0.3 is 0 Å². The Balaban J connectivity index is 1.96. The van der Waals surface area contributed by atoms with Gasteiger partial charge in [-0.3, -0.25) is 9.59 Å². The first kappa shape index (κ1) is 21.4. The van der Waals surface area contributed by atoms with Gasteiger partial charge in [0.25, 0.3) is 11.8 Å². The average Bonchev–Trinajstić information content (AvgIpc) is 3.36. The Morgan fingerprint density at radius 3 is 2.24 bits per heavy atom. The van der Waals surface area contributed by atoms with Crippen molar-refractivity contribution in [1.29, 1.82) is 0 Å². The summed E-state index contributed by atoms with van der Waals surface area (Å²) in [5.74, 6) is -0.514. The number of amides is 2.